The predicted molar refractivity (Wildman–Crippen MR) is 59.5 cm³/mol. The zero-order valence-corrected chi connectivity index (χ0v) is 8.92. The summed E-state index contributed by atoms with van der Waals surface area (Å²) in [6, 6.07) is 4.72. The summed E-state index contributed by atoms with van der Waals surface area (Å²) >= 11 is 0. The summed E-state index contributed by atoms with van der Waals surface area (Å²) in [5, 5.41) is 2.97. The van der Waals surface area contributed by atoms with E-state index in [1.807, 2.05) is 13.1 Å². The second kappa shape index (κ2) is 6.19. The molecule has 2 nitrogen and oxygen atoms in total. The zero-order chi connectivity index (χ0) is 11.1. The van der Waals surface area contributed by atoms with Gasteiger partial charge in [-0.1, -0.05) is 6.08 Å². The van der Waals surface area contributed by atoms with Crippen molar-refractivity contribution in [1.82, 2.24) is 5.32 Å². The third-order valence-electron chi connectivity index (χ3n) is 1.90. The first-order valence-electron chi connectivity index (χ1n) is 4.94. The minimum absolute atomic E-state index is 0.267. The van der Waals surface area contributed by atoms with Gasteiger partial charge in [0.2, 0.25) is 0 Å². The number of rotatable bonds is 6. The zero-order valence-electron chi connectivity index (χ0n) is 8.92. The van der Waals surface area contributed by atoms with Gasteiger partial charge in [-0.3, -0.25) is 0 Å². The van der Waals surface area contributed by atoms with Crippen LogP contribution in [0.4, 0.5) is 4.39 Å². The van der Waals surface area contributed by atoms with E-state index < -0.39 is 0 Å². The molecule has 0 aromatic heterocycles. The molecule has 0 radical (unpaired) electrons. The molecule has 0 saturated heterocycles. The van der Waals surface area contributed by atoms with Crippen LogP contribution in [0.2, 0.25) is 0 Å². The molecule has 1 rings (SSSR count). The maximum atomic E-state index is 13.1. The normalized spacial score (nSPS) is 10.0. The smallest absolute Gasteiger partial charge is 0.127 e. The Morgan fingerprint density at radius 2 is 2.27 bits per heavy atom. The molecule has 82 valence electrons. The van der Waals surface area contributed by atoms with E-state index >= 15 is 0 Å². The van der Waals surface area contributed by atoms with E-state index in [0.29, 0.717) is 18.9 Å². The Labute approximate surface area is 89.8 Å². The van der Waals surface area contributed by atoms with Crippen LogP contribution in [-0.4, -0.2) is 13.7 Å². The third kappa shape index (κ3) is 4.13. The van der Waals surface area contributed by atoms with Crippen molar-refractivity contribution >= 4 is 0 Å². The first kappa shape index (κ1) is 11.7. The first-order chi connectivity index (χ1) is 7.26. The average Bonchev–Trinajstić information content (AvgIpc) is 2.18. The summed E-state index contributed by atoms with van der Waals surface area (Å²) in [4.78, 5) is 0. The molecular weight excluding hydrogens is 193 g/mol. The van der Waals surface area contributed by atoms with Crippen LogP contribution in [0, 0.1) is 5.82 Å². The van der Waals surface area contributed by atoms with Crippen LogP contribution in [0.5, 0.6) is 5.75 Å². The second-order valence-electron chi connectivity index (χ2n) is 3.25. The molecule has 0 aliphatic carbocycles. The summed E-state index contributed by atoms with van der Waals surface area (Å²) in [6.07, 6.45) is 2.53. The summed E-state index contributed by atoms with van der Waals surface area (Å²) in [5.41, 5.74) is 0.881. The van der Waals surface area contributed by atoms with Crippen LogP contribution >= 0.6 is 0 Å². The van der Waals surface area contributed by atoms with E-state index in [2.05, 4.69) is 11.9 Å². The topological polar surface area (TPSA) is 21.3 Å². The molecule has 0 spiro atoms. The van der Waals surface area contributed by atoms with Crippen molar-refractivity contribution in [1.29, 1.82) is 0 Å². The van der Waals surface area contributed by atoms with Gasteiger partial charge in [0.05, 0.1) is 6.61 Å². The largest absolute Gasteiger partial charge is 0.493 e. The van der Waals surface area contributed by atoms with E-state index in [0.717, 1.165) is 12.0 Å². The van der Waals surface area contributed by atoms with Crippen molar-refractivity contribution in [3.63, 3.8) is 0 Å². The monoisotopic (exact) mass is 209 g/mol. The molecule has 0 heterocycles. The fraction of sp³-hybridized carbons (Fsp3) is 0.333. The lowest BCUT2D eigenvalue weighted by molar-refractivity contribution is 0.323. The minimum atomic E-state index is -0.267. The van der Waals surface area contributed by atoms with Crippen LogP contribution in [0.1, 0.15) is 12.0 Å². The fourth-order valence-corrected chi connectivity index (χ4v) is 1.27. The number of hydrogen-bond donors (Lipinski definition) is 1. The van der Waals surface area contributed by atoms with Gasteiger partial charge in [-0.05, 0) is 31.2 Å². The highest BCUT2D eigenvalue weighted by atomic mass is 19.1. The van der Waals surface area contributed by atoms with Crippen molar-refractivity contribution < 1.29 is 9.13 Å². The van der Waals surface area contributed by atoms with Gasteiger partial charge in [0.25, 0.3) is 0 Å². The molecule has 1 N–H and O–H groups in total. The minimum Gasteiger partial charge on any atom is -0.493 e. The van der Waals surface area contributed by atoms with Gasteiger partial charge in [0, 0.05) is 12.6 Å². The number of halogens is 1. The Morgan fingerprint density at radius 3 is 2.93 bits per heavy atom. The Morgan fingerprint density at radius 1 is 1.47 bits per heavy atom. The summed E-state index contributed by atoms with van der Waals surface area (Å²) in [6.45, 7) is 4.76. The molecule has 15 heavy (non-hydrogen) atoms. The number of ether oxygens (including phenoxy) is 1. The van der Waals surface area contributed by atoms with Crippen molar-refractivity contribution in [2.75, 3.05) is 13.7 Å². The van der Waals surface area contributed by atoms with E-state index in [1.165, 1.54) is 12.1 Å². The molecule has 3 heteroatoms. The molecule has 0 unspecified atom stereocenters. The van der Waals surface area contributed by atoms with E-state index in [9.17, 15) is 4.39 Å². The van der Waals surface area contributed by atoms with Crippen molar-refractivity contribution in [2.24, 2.45) is 0 Å². The van der Waals surface area contributed by atoms with Crippen molar-refractivity contribution in [3.8, 4) is 5.75 Å². The maximum Gasteiger partial charge on any atom is 0.127 e. The van der Waals surface area contributed by atoms with Gasteiger partial charge in [-0.2, -0.15) is 0 Å². The Kier molecular flexibility index (Phi) is 4.84. The molecule has 0 amide bonds. The van der Waals surface area contributed by atoms with Crippen molar-refractivity contribution in [3.05, 3.63) is 42.2 Å². The highest BCUT2D eigenvalue weighted by Crippen LogP contribution is 2.16. The second-order valence-corrected chi connectivity index (χ2v) is 3.25. The lowest BCUT2D eigenvalue weighted by Gasteiger charge is -2.07. The van der Waals surface area contributed by atoms with Gasteiger partial charge < -0.3 is 10.1 Å². The van der Waals surface area contributed by atoms with Crippen LogP contribution in [0.3, 0.4) is 0 Å². The number of hydrogen-bond acceptors (Lipinski definition) is 2. The number of benzene rings is 1. The highest BCUT2D eigenvalue weighted by Gasteiger charge is 2.00. The predicted octanol–water partition coefficient (Wildman–Crippen LogP) is 2.50. The summed E-state index contributed by atoms with van der Waals surface area (Å²) in [7, 11) is 1.82. The molecule has 0 saturated carbocycles. The third-order valence-corrected chi connectivity index (χ3v) is 1.90. The Hall–Kier alpha value is -1.35. The standard InChI is InChI=1S/C12H16FNO/c1-3-4-5-15-12-7-10(9-14-2)6-11(13)8-12/h3,6-8,14H,1,4-5,9H2,2H3. The Balaban J connectivity index is 2.65. The van der Waals surface area contributed by atoms with Gasteiger partial charge >= 0.3 is 0 Å². The van der Waals surface area contributed by atoms with Gasteiger partial charge in [0.15, 0.2) is 0 Å². The molecule has 0 fully saturated rings. The molecule has 1 aromatic carbocycles. The van der Waals surface area contributed by atoms with E-state index in [4.69, 9.17) is 4.74 Å². The van der Waals surface area contributed by atoms with Gasteiger partial charge in [-0.25, -0.2) is 4.39 Å². The van der Waals surface area contributed by atoms with E-state index in [-0.39, 0.29) is 5.82 Å². The summed E-state index contributed by atoms with van der Waals surface area (Å²) < 4.78 is 18.5. The van der Waals surface area contributed by atoms with Crippen LogP contribution in [0.15, 0.2) is 30.9 Å². The molecular formula is C12H16FNO. The van der Waals surface area contributed by atoms with E-state index in [1.54, 1.807) is 6.08 Å². The molecule has 0 aliphatic rings. The molecule has 0 atom stereocenters. The Bertz CT molecular complexity index is 325. The molecule has 0 aliphatic heterocycles. The number of nitrogens with one attached hydrogen (secondary N) is 1. The molecule has 1 aromatic rings. The lowest BCUT2D eigenvalue weighted by Crippen LogP contribution is -2.06. The SMILES string of the molecule is C=CCCOc1cc(F)cc(CNC)c1. The highest BCUT2D eigenvalue weighted by molar-refractivity contribution is 5.29. The quantitative estimate of drug-likeness (QED) is 0.574. The van der Waals surface area contributed by atoms with Crippen LogP contribution in [-0.2, 0) is 6.54 Å². The van der Waals surface area contributed by atoms with Crippen LogP contribution in [0.25, 0.3) is 0 Å². The molecule has 0 bridgehead atoms. The average molecular weight is 209 g/mol. The maximum absolute atomic E-state index is 13.1. The van der Waals surface area contributed by atoms with Crippen LogP contribution < -0.4 is 10.1 Å². The first-order valence-corrected chi connectivity index (χ1v) is 4.94. The fourth-order valence-electron chi connectivity index (χ4n) is 1.27. The van der Waals surface area contributed by atoms with Crippen molar-refractivity contribution in [2.45, 2.75) is 13.0 Å². The van der Waals surface area contributed by atoms with Gasteiger partial charge in [0.1, 0.15) is 11.6 Å². The van der Waals surface area contributed by atoms with Gasteiger partial charge in [-0.15, -0.1) is 6.58 Å². The lowest BCUT2D eigenvalue weighted by atomic mass is 10.2. The summed E-state index contributed by atoms with van der Waals surface area (Å²) in [5.74, 6) is 0.304.